The summed E-state index contributed by atoms with van der Waals surface area (Å²) in [5.41, 5.74) is 2.77. The highest BCUT2D eigenvalue weighted by Crippen LogP contribution is 2.28. The Balaban J connectivity index is 1.16. The van der Waals surface area contributed by atoms with Crippen LogP contribution < -0.4 is 0 Å². The van der Waals surface area contributed by atoms with Gasteiger partial charge >= 0.3 is 0 Å². The number of hydrogen-bond donors (Lipinski definition) is 0. The number of hydrogen-bond acceptors (Lipinski definition) is 3. The molecule has 3 aromatic rings. The Morgan fingerprint density at radius 2 is 1.93 bits per heavy atom. The van der Waals surface area contributed by atoms with E-state index >= 15 is 0 Å². The third-order valence-electron chi connectivity index (χ3n) is 6.06. The summed E-state index contributed by atoms with van der Waals surface area (Å²) >= 11 is 1.88. The number of aryl methyl sites for hydroxylation is 1. The van der Waals surface area contributed by atoms with Crippen LogP contribution in [0.2, 0.25) is 0 Å². The molecule has 27 heavy (non-hydrogen) atoms. The maximum absolute atomic E-state index is 12.6. The lowest BCUT2D eigenvalue weighted by molar-refractivity contribution is -0.138. The summed E-state index contributed by atoms with van der Waals surface area (Å²) in [5.74, 6) is 0.299. The molecular weight excluding hydrogens is 352 g/mol. The fourth-order valence-corrected chi connectivity index (χ4v) is 5.27. The fourth-order valence-electron chi connectivity index (χ4n) is 4.38. The van der Waals surface area contributed by atoms with E-state index in [0.29, 0.717) is 18.4 Å². The molecule has 1 saturated heterocycles. The first-order valence-electron chi connectivity index (χ1n) is 9.81. The van der Waals surface area contributed by atoms with Crippen molar-refractivity contribution in [2.24, 2.45) is 0 Å². The van der Waals surface area contributed by atoms with Gasteiger partial charge in [-0.3, -0.25) is 9.69 Å². The van der Waals surface area contributed by atoms with Crippen LogP contribution >= 0.6 is 11.3 Å². The number of thiophene rings is 1. The number of nitrogens with zero attached hydrogens (tertiary/aromatic N) is 2. The van der Waals surface area contributed by atoms with Crippen LogP contribution in [0.3, 0.4) is 0 Å². The second-order valence-corrected chi connectivity index (χ2v) is 8.68. The lowest BCUT2D eigenvalue weighted by Gasteiger charge is -2.46. The smallest absolute Gasteiger partial charge is 0.223 e. The second-order valence-electron chi connectivity index (χ2n) is 7.68. The summed E-state index contributed by atoms with van der Waals surface area (Å²) < 4.78 is 0. The first kappa shape index (κ1) is 17.0. The minimum atomic E-state index is 0.299. The molecule has 2 aliphatic rings. The molecule has 4 heteroatoms. The average Bonchev–Trinajstić information content (AvgIpc) is 3.13. The molecule has 1 aromatic heterocycles. The van der Waals surface area contributed by atoms with Crippen LogP contribution in [0.15, 0.2) is 53.9 Å². The molecule has 0 atom stereocenters. The van der Waals surface area contributed by atoms with E-state index in [1.165, 1.54) is 28.3 Å². The van der Waals surface area contributed by atoms with E-state index in [2.05, 4.69) is 58.8 Å². The number of likely N-dealkylation sites (tertiary alicyclic amines) is 1. The van der Waals surface area contributed by atoms with Crippen molar-refractivity contribution < 1.29 is 4.79 Å². The first-order valence-corrected chi connectivity index (χ1v) is 10.7. The van der Waals surface area contributed by atoms with Gasteiger partial charge in [0.1, 0.15) is 0 Å². The van der Waals surface area contributed by atoms with Crippen LogP contribution in [-0.4, -0.2) is 41.4 Å². The Hall–Kier alpha value is -2.17. The fraction of sp³-hybridized carbons (Fsp3) is 0.348. The van der Waals surface area contributed by atoms with Gasteiger partial charge in [0, 0.05) is 43.5 Å². The van der Waals surface area contributed by atoms with Crippen molar-refractivity contribution in [1.29, 1.82) is 0 Å². The van der Waals surface area contributed by atoms with E-state index in [0.717, 1.165) is 32.6 Å². The number of benzene rings is 2. The summed E-state index contributed by atoms with van der Waals surface area (Å²) in [6.07, 6.45) is 2.59. The van der Waals surface area contributed by atoms with Gasteiger partial charge < -0.3 is 4.90 Å². The Kier molecular flexibility index (Phi) is 4.46. The van der Waals surface area contributed by atoms with Gasteiger partial charge in [0.15, 0.2) is 0 Å². The highest BCUT2D eigenvalue weighted by molar-refractivity contribution is 7.10. The van der Waals surface area contributed by atoms with Crippen molar-refractivity contribution >= 4 is 28.0 Å². The maximum atomic E-state index is 12.6. The van der Waals surface area contributed by atoms with E-state index in [1.54, 1.807) is 4.88 Å². The summed E-state index contributed by atoms with van der Waals surface area (Å²) in [6, 6.07) is 17.6. The minimum absolute atomic E-state index is 0.299. The van der Waals surface area contributed by atoms with E-state index in [9.17, 15) is 4.79 Å². The maximum Gasteiger partial charge on any atom is 0.223 e. The molecular formula is C23H24N2OS. The standard InChI is InChI=1S/C23H24N2OS/c26-23(9-8-18-6-3-5-17-4-1-2-7-21(17)18)25-15-20(16-25)24-12-10-22-19(14-24)11-13-27-22/h1-7,11,13,20H,8-10,12,14-16H2. The Bertz CT molecular complexity index is 968. The van der Waals surface area contributed by atoms with Crippen molar-refractivity contribution in [2.45, 2.75) is 31.8 Å². The zero-order valence-corrected chi connectivity index (χ0v) is 16.3. The molecule has 0 spiro atoms. The highest BCUT2D eigenvalue weighted by atomic mass is 32.1. The zero-order chi connectivity index (χ0) is 18.2. The average molecular weight is 377 g/mol. The predicted molar refractivity (Wildman–Crippen MR) is 111 cm³/mol. The molecule has 3 nitrogen and oxygen atoms in total. The van der Waals surface area contributed by atoms with Crippen molar-refractivity contribution in [3.05, 3.63) is 69.9 Å². The van der Waals surface area contributed by atoms with E-state index in [-0.39, 0.29) is 0 Å². The Morgan fingerprint density at radius 3 is 2.85 bits per heavy atom. The number of carbonyl (C=O) groups is 1. The number of fused-ring (bicyclic) bond motifs is 2. The Labute approximate surface area is 164 Å². The monoisotopic (exact) mass is 376 g/mol. The molecule has 2 aromatic carbocycles. The highest BCUT2D eigenvalue weighted by Gasteiger charge is 2.35. The summed E-state index contributed by atoms with van der Waals surface area (Å²) in [5, 5.41) is 4.73. The van der Waals surface area contributed by atoms with Crippen LogP contribution in [0.25, 0.3) is 10.8 Å². The summed E-state index contributed by atoms with van der Waals surface area (Å²) in [4.78, 5) is 18.8. The molecule has 0 aliphatic carbocycles. The molecule has 0 unspecified atom stereocenters. The van der Waals surface area contributed by atoms with Crippen molar-refractivity contribution in [2.75, 3.05) is 19.6 Å². The van der Waals surface area contributed by atoms with E-state index in [1.807, 2.05) is 16.2 Å². The van der Waals surface area contributed by atoms with Gasteiger partial charge in [-0.2, -0.15) is 0 Å². The molecule has 2 aliphatic heterocycles. The van der Waals surface area contributed by atoms with E-state index in [4.69, 9.17) is 0 Å². The molecule has 5 rings (SSSR count). The predicted octanol–water partition coefficient (Wildman–Crippen LogP) is 4.10. The zero-order valence-electron chi connectivity index (χ0n) is 15.4. The molecule has 3 heterocycles. The minimum Gasteiger partial charge on any atom is -0.339 e. The molecule has 0 N–H and O–H groups in total. The molecule has 1 fully saturated rings. The topological polar surface area (TPSA) is 23.6 Å². The van der Waals surface area contributed by atoms with Gasteiger partial charge in [0.25, 0.3) is 0 Å². The van der Waals surface area contributed by atoms with Crippen molar-refractivity contribution in [3.8, 4) is 0 Å². The van der Waals surface area contributed by atoms with Crippen LogP contribution in [0.1, 0.15) is 22.4 Å². The molecule has 0 saturated carbocycles. The van der Waals surface area contributed by atoms with Gasteiger partial charge in [-0.25, -0.2) is 0 Å². The third kappa shape index (κ3) is 3.28. The lowest BCUT2D eigenvalue weighted by atomic mass is 9.99. The molecule has 0 bridgehead atoms. The van der Waals surface area contributed by atoms with Gasteiger partial charge in [-0.05, 0) is 46.2 Å². The third-order valence-corrected chi connectivity index (χ3v) is 7.08. The number of rotatable bonds is 4. The van der Waals surface area contributed by atoms with Crippen LogP contribution in [-0.2, 0) is 24.2 Å². The first-order chi connectivity index (χ1) is 13.3. The molecule has 1 amide bonds. The normalized spacial score (nSPS) is 17.7. The van der Waals surface area contributed by atoms with E-state index < -0.39 is 0 Å². The number of carbonyl (C=O) groups excluding carboxylic acids is 1. The largest absolute Gasteiger partial charge is 0.339 e. The van der Waals surface area contributed by atoms with Gasteiger partial charge in [0.2, 0.25) is 5.91 Å². The quantitative estimate of drug-likeness (QED) is 0.684. The van der Waals surface area contributed by atoms with Gasteiger partial charge in [0.05, 0.1) is 0 Å². The Morgan fingerprint density at radius 1 is 1.07 bits per heavy atom. The summed E-state index contributed by atoms with van der Waals surface area (Å²) in [6.45, 7) is 3.99. The van der Waals surface area contributed by atoms with Crippen LogP contribution in [0, 0.1) is 0 Å². The SMILES string of the molecule is O=C(CCc1cccc2ccccc12)N1CC(N2CCc3sccc3C2)C1. The lowest BCUT2D eigenvalue weighted by Crippen LogP contribution is -2.61. The summed E-state index contributed by atoms with van der Waals surface area (Å²) in [7, 11) is 0. The van der Waals surface area contributed by atoms with Crippen molar-refractivity contribution in [1.82, 2.24) is 9.80 Å². The molecule has 138 valence electrons. The second kappa shape index (κ2) is 7.10. The van der Waals surface area contributed by atoms with Gasteiger partial charge in [-0.15, -0.1) is 11.3 Å². The van der Waals surface area contributed by atoms with Crippen LogP contribution in [0.4, 0.5) is 0 Å². The van der Waals surface area contributed by atoms with Gasteiger partial charge in [-0.1, -0.05) is 42.5 Å². The van der Waals surface area contributed by atoms with Crippen molar-refractivity contribution in [3.63, 3.8) is 0 Å². The van der Waals surface area contributed by atoms with Crippen LogP contribution in [0.5, 0.6) is 0 Å². The molecule has 0 radical (unpaired) electrons. The number of amides is 1.